The summed E-state index contributed by atoms with van der Waals surface area (Å²) in [5, 5.41) is 5.13. The van der Waals surface area contributed by atoms with E-state index in [1.54, 1.807) is 37.4 Å². The van der Waals surface area contributed by atoms with Gasteiger partial charge in [0.1, 0.15) is 42.1 Å². The lowest BCUT2D eigenvalue weighted by molar-refractivity contribution is 0.210. The Morgan fingerprint density at radius 2 is 1.62 bits per heavy atom. The van der Waals surface area contributed by atoms with Crippen molar-refractivity contribution in [2.45, 2.75) is 0 Å². The van der Waals surface area contributed by atoms with E-state index in [9.17, 15) is 4.79 Å². The molecule has 0 aliphatic rings. The molecule has 0 radical (unpaired) electrons. The summed E-state index contributed by atoms with van der Waals surface area (Å²) in [4.78, 5) is 17.6. The Balaban J connectivity index is 1.61. The third-order valence-corrected chi connectivity index (χ3v) is 4.55. The number of methoxy groups -OCH3 is 1. The summed E-state index contributed by atoms with van der Waals surface area (Å²) in [6.07, 6.45) is 0. The second-order valence-corrected chi connectivity index (χ2v) is 6.32. The molecule has 4 rings (SSSR count). The molecule has 6 heteroatoms. The molecule has 0 atom stereocenters. The van der Waals surface area contributed by atoms with Crippen molar-refractivity contribution in [3.8, 4) is 11.5 Å². The van der Waals surface area contributed by atoms with Gasteiger partial charge in [-0.15, -0.1) is 0 Å². The molecule has 3 aromatic carbocycles. The van der Waals surface area contributed by atoms with E-state index in [2.05, 4.69) is 5.16 Å². The van der Waals surface area contributed by atoms with Gasteiger partial charge in [-0.2, -0.15) is 0 Å². The van der Waals surface area contributed by atoms with Gasteiger partial charge in [-0.05, 0) is 48.5 Å². The van der Waals surface area contributed by atoms with Crippen LogP contribution >= 0.6 is 0 Å². The number of rotatable bonds is 6. The van der Waals surface area contributed by atoms with E-state index in [1.165, 1.54) is 7.11 Å². The van der Waals surface area contributed by atoms with E-state index in [0.29, 0.717) is 33.4 Å². The van der Waals surface area contributed by atoms with Crippen LogP contribution in [-0.2, 0) is 4.84 Å². The zero-order chi connectivity index (χ0) is 20.2. The van der Waals surface area contributed by atoms with Crippen molar-refractivity contribution in [1.29, 1.82) is 0 Å². The molecule has 0 bridgehead atoms. The number of hydrogen-bond donors (Lipinski definition) is 0. The Morgan fingerprint density at radius 3 is 2.38 bits per heavy atom. The lowest BCUT2D eigenvalue weighted by atomic mass is 10.1. The van der Waals surface area contributed by atoms with Crippen LogP contribution in [0.5, 0.6) is 11.5 Å². The van der Waals surface area contributed by atoms with Crippen LogP contribution in [0, 0.1) is 0 Å². The third kappa shape index (κ3) is 3.78. The molecule has 6 nitrogen and oxygen atoms in total. The average Bonchev–Trinajstić information content (AvgIpc) is 2.77. The maximum atomic E-state index is 12.6. The number of ether oxygens (including phenoxy) is 2. The zero-order valence-electron chi connectivity index (χ0n) is 16.0. The first-order valence-corrected chi connectivity index (χ1v) is 9.02. The van der Waals surface area contributed by atoms with Gasteiger partial charge >= 0.3 is 0 Å². The van der Waals surface area contributed by atoms with Crippen LogP contribution in [0.25, 0.3) is 21.9 Å². The minimum atomic E-state index is -0.0618. The van der Waals surface area contributed by atoms with Gasteiger partial charge in [-0.25, -0.2) is 0 Å². The van der Waals surface area contributed by atoms with Gasteiger partial charge in [0.2, 0.25) is 5.43 Å². The lowest BCUT2D eigenvalue weighted by Gasteiger charge is -2.10. The predicted molar refractivity (Wildman–Crippen MR) is 112 cm³/mol. The maximum Gasteiger partial charge on any atom is 0.200 e. The zero-order valence-corrected chi connectivity index (χ0v) is 16.0. The van der Waals surface area contributed by atoms with Gasteiger partial charge in [0.05, 0.1) is 17.9 Å². The molecular formula is C23H19NO5. The monoisotopic (exact) mass is 389 g/mol. The van der Waals surface area contributed by atoms with Gasteiger partial charge in [-0.3, -0.25) is 4.79 Å². The molecule has 0 unspecified atom stereocenters. The number of fused-ring (bicyclic) bond motifs is 2. The first-order chi connectivity index (χ1) is 14.2. The highest BCUT2D eigenvalue weighted by molar-refractivity contribution is 6.01. The minimum Gasteiger partial charge on any atom is -0.497 e. The van der Waals surface area contributed by atoms with E-state index in [1.807, 2.05) is 36.4 Å². The standard InChI is InChI=1S/C23H19NO5/c1-26-16-9-7-15(8-10-16)20(24-27-2)14-28-17-11-12-19-22(13-17)29-21-6-4-3-5-18(21)23(19)25/h3-13H,14H2,1-2H3/b24-20+. The van der Waals surface area contributed by atoms with Gasteiger partial charge < -0.3 is 18.7 Å². The molecule has 0 aliphatic heterocycles. The first-order valence-electron chi connectivity index (χ1n) is 9.02. The normalized spacial score (nSPS) is 11.6. The van der Waals surface area contributed by atoms with Crippen LogP contribution in [0.2, 0.25) is 0 Å². The molecule has 0 N–H and O–H groups in total. The van der Waals surface area contributed by atoms with Crippen LogP contribution < -0.4 is 14.9 Å². The van der Waals surface area contributed by atoms with Crippen LogP contribution in [0.3, 0.4) is 0 Å². The van der Waals surface area contributed by atoms with Gasteiger partial charge in [0.25, 0.3) is 0 Å². The molecule has 0 spiro atoms. The molecule has 0 saturated carbocycles. The number of benzene rings is 3. The molecule has 29 heavy (non-hydrogen) atoms. The molecule has 146 valence electrons. The summed E-state index contributed by atoms with van der Waals surface area (Å²) in [7, 11) is 3.10. The summed E-state index contributed by atoms with van der Waals surface area (Å²) in [6, 6.07) is 19.8. The predicted octanol–water partition coefficient (Wildman–Crippen LogP) is 4.38. The highest BCUT2D eigenvalue weighted by atomic mass is 16.6. The highest BCUT2D eigenvalue weighted by Crippen LogP contribution is 2.23. The van der Waals surface area contributed by atoms with Crippen LogP contribution in [0.1, 0.15) is 5.56 Å². The molecule has 0 saturated heterocycles. The fraction of sp³-hybridized carbons (Fsp3) is 0.130. The summed E-state index contributed by atoms with van der Waals surface area (Å²) < 4.78 is 17.0. The Labute approximate surface area is 166 Å². The van der Waals surface area contributed by atoms with Crippen LogP contribution in [0.15, 0.2) is 81.1 Å². The fourth-order valence-corrected chi connectivity index (χ4v) is 3.08. The number of nitrogens with zero attached hydrogens (tertiary/aromatic N) is 1. The summed E-state index contributed by atoms with van der Waals surface area (Å²) in [6.45, 7) is 0.184. The Bertz CT molecular complexity index is 1240. The Hall–Kier alpha value is -3.80. The van der Waals surface area contributed by atoms with Crippen molar-refractivity contribution in [3.63, 3.8) is 0 Å². The molecule has 0 fully saturated rings. The van der Waals surface area contributed by atoms with Crippen molar-refractivity contribution in [1.82, 2.24) is 0 Å². The van der Waals surface area contributed by atoms with Crippen molar-refractivity contribution in [2.24, 2.45) is 5.16 Å². The smallest absolute Gasteiger partial charge is 0.200 e. The second-order valence-electron chi connectivity index (χ2n) is 6.32. The van der Waals surface area contributed by atoms with Gasteiger partial charge in [0, 0.05) is 11.6 Å². The van der Waals surface area contributed by atoms with Crippen molar-refractivity contribution >= 4 is 27.7 Å². The van der Waals surface area contributed by atoms with E-state index in [0.717, 1.165) is 11.3 Å². The van der Waals surface area contributed by atoms with E-state index >= 15 is 0 Å². The van der Waals surface area contributed by atoms with E-state index in [4.69, 9.17) is 18.7 Å². The summed E-state index contributed by atoms with van der Waals surface area (Å²) in [5.74, 6) is 1.32. The quantitative estimate of drug-likeness (QED) is 0.278. The molecular weight excluding hydrogens is 370 g/mol. The van der Waals surface area contributed by atoms with Crippen molar-refractivity contribution in [2.75, 3.05) is 20.8 Å². The number of hydrogen-bond acceptors (Lipinski definition) is 6. The summed E-state index contributed by atoms with van der Waals surface area (Å²) >= 11 is 0. The third-order valence-electron chi connectivity index (χ3n) is 4.55. The molecule has 1 aromatic heterocycles. The number of para-hydroxylation sites is 1. The molecule has 1 heterocycles. The topological polar surface area (TPSA) is 70.3 Å². The molecule has 0 amide bonds. The first kappa shape index (κ1) is 18.6. The molecule has 4 aromatic rings. The average molecular weight is 389 g/mol. The summed E-state index contributed by atoms with van der Waals surface area (Å²) in [5.41, 5.74) is 2.43. The second kappa shape index (κ2) is 8.06. The Kier molecular flexibility index (Phi) is 5.16. The number of oxime groups is 1. The van der Waals surface area contributed by atoms with Crippen molar-refractivity contribution in [3.05, 3.63) is 82.5 Å². The molecule has 0 aliphatic carbocycles. The Morgan fingerprint density at radius 1 is 0.897 bits per heavy atom. The van der Waals surface area contributed by atoms with Gasteiger partial charge in [-0.1, -0.05) is 17.3 Å². The van der Waals surface area contributed by atoms with Crippen molar-refractivity contribution < 1.29 is 18.7 Å². The lowest BCUT2D eigenvalue weighted by Crippen LogP contribution is -2.13. The van der Waals surface area contributed by atoms with Gasteiger partial charge in [0.15, 0.2) is 0 Å². The maximum absolute atomic E-state index is 12.6. The SMILES string of the molecule is CO/N=C(\COc1ccc2c(=O)c3ccccc3oc2c1)c1ccc(OC)cc1. The van der Waals surface area contributed by atoms with Crippen LogP contribution in [-0.4, -0.2) is 26.5 Å². The van der Waals surface area contributed by atoms with E-state index < -0.39 is 0 Å². The van der Waals surface area contributed by atoms with E-state index in [-0.39, 0.29) is 12.0 Å². The highest BCUT2D eigenvalue weighted by Gasteiger charge is 2.10. The fourth-order valence-electron chi connectivity index (χ4n) is 3.08. The largest absolute Gasteiger partial charge is 0.497 e. The minimum absolute atomic E-state index is 0.0618. The van der Waals surface area contributed by atoms with Crippen LogP contribution in [0.4, 0.5) is 0 Å².